The quantitative estimate of drug-likeness (QED) is 0.658. The van der Waals surface area contributed by atoms with Crippen molar-refractivity contribution in [3.63, 3.8) is 0 Å². The maximum atomic E-state index is 4.79. The van der Waals surface area contributed by atoms with Gasteiger partial charge in [-0.2, -0.15) is 0 Å². The van der Waals surface area contributed by atoms with Crippen molar-refractivity contribution in [2.45, 2.75) is 39.5 Å². The summed E-state index contributed by atoms with van der Waals surface area (Å²) in [4.78, 5) is 10.5. The van der Waals surface area contributed by atoms with E-state index in [1.807, 2.05) is 0 Å². The highest BCUT2D eigenvalue weighted by molar-refractivity contribution is 9.11. The fourth-order valence-electron chi connectivity index (χ4n) is 1.85. The van der Waals surface area contributed by atoms with Gasteiger partial charge < -0.3 is 5.32 Å². The molecule has 0 saturated carbocycles. The van der Waals surface area contributed by atoms with Gasteiger partial charge in [-0.1, -0.05) is 27.7 Å². The minimum Gasteiger partial charge on any atom is -0.369 e. The lowest BCUT2D eigenvalue weighted by Gasteiger charge is -2.22. The minimum absolute atomic E-state index is 0.0480. The molecule has 0 aliphatic carbocycles. The van der Waals surface area contributed by atoms with Crippen LogP contribution in [0.3, 0.4) is 0 Å². The topological polar surface area (TPSA) is 37.8 Å². The van der Waals surface area contributed by atoms with E-state index in [2.05, 4.69) is 81.3 Å². The molecule has 0 fully saturated rings. The Labute approximate surface area is 146 Å². The second-order valence-corrected chi connectivity index (χ2v) is 8.48. The second-order valence-electron chi connectivity index (χ2n) is 5.86. The molecule has 2 aromatic rings. The van der Waals surface area contributed by atoms with Crippen LogP contribution in [0.15, 0.2) is 20.4 Å². The normalized spacial score (nSPS) is 11.7. The maximum Gasteiger partial charge on any atom is 0.171 e. The predicted octanol–water partition coefficient (Wildman–Crippen LogP) is 5.85. The minimum atomic E-state index is -0.0480. The van der Waals surface area contributed by atoms with Gasteiger partial charge >= 0.3 is 0 Å². The molecular formula is C15H19Br2N3S. The van der Waals surface area contributed by atoms with E-state index in [-0.39, 0.29) is 5.41 Å². The van der Waals surface area contributed by atoms with Gasteiger partial charge in [-0.05, 0) is 44.3 Å². The van der Waals surface area contributed by atoms with Gasteiger partial charge in [0.05, 0.1) is 15.0 Å². The lowest BCUT2D eigenvalue weighted by atomic mass is 9.92. The standard InChI is InChI=1S/C15H19Br2N3S/c1-5-6-18-14-11(17)12(15(2,3)4)19-13(20-14)10-7-9(16)8-21-10/h7-8H,5-6H2,1-4H3,(H,18,19,20). The molecule has 6 heteroatoms. The fraction of sp³-hybridized carbons (Fsp3) is 0.467. The van der Waals surface area contributed by atoms with Crippen molar-refractivity contribution in [1.82, 2.24) is 9.97 Å². The Hall–Kier alpha value is -0.460. The number of halogens is 2. The Bertz CT molecular complexity index is 632. The zero-order valence-electron chi connectivity index (χ0n) is 12.6. The first kappa shape index (κ1) is 16.9. The number of hydrogen-bond acceptors (Lipinski definition) is 4. The van der Waals surface area contributed by atoms with Gasteiger partial charge in [-0.15, -0.1) is 11.3 Å². The van der Waals surface area contributed by atoms with Crippen molar-refractivity contribution in [1.29, 1.82) is 0 Å². The van der Waals surface area contributed by atoms with Gasteiger partial charge in [0.1, 0.15) is 5.82 Å². The highest BCUT2D eigenvalue weighted by Gasteiger charge is 2.23. The molecule has 0 spiro atoms. The van der Waals surface area contributed by atoms with Crippen LogP contribution in [0.5, 0.6) is 0 Å². The van der Waals surface area contributed by atoms with Crippen LogP contribution in [0.25, 0.3) is 10.7 Å². The lowest BCUT2D eigenvalue weighted by molar-refractivity contribution is 0.564. The molecule has 0 saturated heterocycles. The molecule has 2 rings (SSSR count). The summed E-state index contributed by atoms with van der Waals surface area (Å²) < 4.78 is 2.03. The van der Waals surface area contributed by atoms with Crippen molar-refractivity contribution in [2.75, 3.05) is 11.9 Å². The first-order valence-corrected chi connectivity index (χ1v) is 9.35. The molecule has 0 aliphatic heterocycles. The number of hydrogen-bond donors (Lipinski definition) is 1. The summed E-state index contributed by atoms with van der Waals surface area (Å²) in [5, 5.41) is 5.44. The van der Waals surface area contributed by atoms with E-state index in [1.165, 1.54) is 0 Å². The number of thiophene rings is 1. The number of aromatic nitrogens is 2. The first-order valence-electron chi connectivity index (χ1n) is 6.89. The third-order valence-electron chi connectivity index (χ3n) is 2.89. The van der Waals surface area contributed by atoms with Crippen LogP contribution < -0.4 is 5.32 Å². The van der Waals surface area contributed by atoms with E-state index in [0.717, 1.165) is 44.1 Å². The number of nitrogens with zero attached hydrogens (tertiary/aromatic N) is 2. The summed E-state index contributed by atoms with van der Waals surface area (Å²) in [5.74, 6) is 1.65. The molecule has 21 heavy (non-hydrogen) atoms. The number of anilines is 1. The number of nitrogens with one attached hydrogen (secondary N) is 1. The number of rotatable bonds is 4. The van der Waals surface area contributed by atoms with Crippen molar-refractivity contribution >= 4 is 49.0 Å². The Balaban J connectivity index is 2.55. The van der Waals surface area contributed by atoms with Crippen molar-refractivity contribution in [2.24, 2.45) is 0 Å². The molecule has 0 unspecified atom stereocenters. The van der Waals surface area contributed by atoms with Crippen molar-refractivity contribution < 1.29 is 0 Å². The van der Waals surface area contributed by atoms with E-state index in [0.29, 0.717) is 0 Å². The van der Waals surface area contributed by atoms with Gasteiger partial charge in [0.2, 0.25) is 0 Å². The Morgan fingerprint density at radius 3 is 2.48 bits per heavy atom. The lowest BCUT2D eigenvalue weighted by Crippen LogP contribution is -2.17. The highest BCUT2D eigenvalue weighted by Crippen LogP contribution is 2.36. The molecule has 114 valence electrons. The van der Waals surface area contributed by atoms with Crippen LogP contribution in [0.1, 0.15) is 39.8 Å². The van der Waals surface area contributed by atoms with Crippen LogP contribution in [0.4, 0.5) is 5.82 Å². The van der Waals surface area contributed by atoms with Gasteiger partial charge in [0, 0.05) is 21.8 Å². The van der Waals surface area contributed by atoms with Crippen molar-refractivity contribution in [3.8, 4) is 10.7 Å². The third kappa shape index (κ3) is 4.05. The van der Waals surface area contributed by atoms with Gasteiger partial charge in [0.25, 0.3) is 0 Å². The molecular weight excluding hydrogens is 414 g/mol. The summed E-state index contributed by atoms with van der Waals surface area (Å²) >= 11 is 8.80. The van der Waals surface area contributed by atoms with Crippen LogP contribution in [0.2, 0.25) is 0 Å². The molecule has 0 radical (unpaired) electrons. The molecule has 2 heterocycles. The van der Waals surface area contributed by atoms with Gasteiger partial charge in [0.15, 0.2) is 5.82 Å². The Morgan fingerprint density at radius 2 is 1.95 bits per heavy atom. The summed E-state index contributed by atoms with van der Waals surface area (Å²) in [6.07, 6.45) is 1.06. The van der Waals surface area contributed by atoms with E-state index >= 15 is 0 Å². The van der Waals surface area contributed by atoms with E-state index < -0.39 is 0 Å². The van der Waals surface area contributed by atoms with Crippen LogP contribution in [-0.4, -0.2) is 16.5 Å². The summed E-state index contributed by atoms with van der Waals surface area (Å²) in [7, 11) is 0. The predicted molar refractivity (Wildman–Crippen MR) is 98.2 cm³/mol. The van der Waals surface area contributed by atoms with E-state index in [1.54, 1.807) is 11.3 Å². The van der Waals surface area contributed by atoms with Crippen LogP contribution >= 0.6 is 43.2 Å². The van der Waals surface area contributed by atoms with Gasteiger partial charge in [-0.3, -0.25) is 0 Å². The molecule has 2 aromatic heterocycles. The maximum absolute atomic E-state index is 4.79. The largest absolute Gasteiger partial charge is 0.369 e. The molecule has 1 N–H and O–H groups in total. The Morgan fingerprint density at radius 1 is 1.24 bits per heavy atom. The highest BCUT2D eigenvalue weighted by atomic mass is 79.9. The molecule has 0 amide bonds. The van der Waals surface area contributed by atoms with E-state index in [9.17, 15) is 0 Å². The Kier molecular flexibility index (Phi) is 5.43. The average Bonchev–Trinajstić information content (AvgIpc) is 2.83. The molecule has 3 nitrogen and oxygen atoms in total. The van der Waals surface area contributed by atoms with Gasteiger partial charge in [-0.25, -0.2) is 9.97 Å². The monoisotopic (exact) mass is 431 g/mol. The fourth-order valence-corrected chi connectivity index (χ4v) is 4.12. The average molecular weight is 433 g/mol. The summed E-state index contributed by atoms with van der Waals surface area (Å²) in [6.45, 7) is 9.53. The second kappa shape index (κ2) is 6.75. The summed E-state index contributed by atoms with van der Waals surface area (Å²) in [6, 6.07) is 2.06. The molecule has 0 atom stereocenters. The zero-order valence-corrected chi connectivity index (χ0v) is 16.6. The molecule has 0 bridgehead atoms. The van der Waals surface area contributed by atoms with E-state index in [4.69, 9.17) is 4.98 Å². The zero-order chi connectivity index (χ0) is 15.6. The SMILES string of the molecule is CCCNc1nc(-c2cc(Br)cs2)nc(C(C)(C)C)c1Br. The van der Waals surface area contributed by atoms with Crippen molar-refractivity contribution in [3.05, 3.63) is 26.1 Å². The first-order chi connectivity index (χ1) is 9.82. The van der Waals surface area contributed by atoms with Crippen LogP contribution in [0, 0.1) is 0 Å². The molecule has 0 aliphatic rings. The third-order valence-corrected chi connectivity index (χ3v) is 5.33. The smallest absolute Gasteiger partial charge is 0.171 e. The summed E-state index contributed by atoms with van der Waals surface area (Å²) in [5.41, 5.74) is 0.976. The van der Waals surface area contributed by atoms with Crippen LogP contribution in [-0.2, 0) is 5.41 Å². The molecule has 0 aromatic carbocycles.